The molecule has 2 aliphatic rings. The van der Waals surface area contributed by atoms with Crippen LogP contribution in [0.3, 0.4) is 0 Å². The lowest BCUT2D eigenvalue weighted by Crippen LogP contribution is -2.45. The molecule has 106 valence electrons. The number of nitrogens with one attached hydrogen (secondary N) is 1. The number of rotatable bonds is 7. The fourth-order valence-electron chi connectivity index (χ4n) is 5.04. The highest BCUT2D eigenvalue weighted by molar-refractivity contribution is 5.04. The van der Waals surface area contributed by atoms with Crippen molar-refractivity contribution in [2.75, 3.05) is 13.1 Å². The number of hydrogen-bond donors (Lipinski definition) is 1. The number of fused-ring (bicyclic) bond motifs is 2. The molecule has 3 atom stereocenters. The normalized spacial score (nSPS) is 35.0. The van der Waals surface area contributed by atoms with Crippen molar-refractivity contribution in [2.24, 2.45) is 29.1 Å². The molecule has 1 nitrogen and oxygen atoms in total. The molecule has 0 heterocycles. The Hall–Kier alpha value is -0.0400. The van der Waals surface area contributed by atoms with Crippen LogP contribution in [0.5, 0.6) is 0 Å². The third-order valence-corrected chi connectivity index (χ3v) is 5.83. The molecule has 2 saturated carbocycles. The Labute approximate surface area is 114 Å². The van der Waals surface area contributed by atoms with Crippen molar-refractivity contribution in [2.45, 2.75) is 66.2 Å². The first-order chi connectivity index (χ1) is 8.62. The third kappa shape index (κ3) is 2.61. The summed E-state index contributed by atoms with van der Waals surface area (Å²) in [5.41, 5.74) is 0.654. The lowest BCUT2D eigenvalue weighted by Gasteiger charge is -2.44. The van der Waals surface area contributed by atoms with Crippen molar-refractivity contribution in [1.29, 1.82) is 0 Å². The van der Waals surface area contributed by atoms with Crippen molar-refractivity contribution in [3.8, 4) is 0 Å². The quantitative estimate of drug-likeness (QED) is 0.703. The molecule has 0 amide bonds. The molecule has 0 saturated heterocycles. The van der Waals surface area contributed by atoms with E-state index in [9.17, 15) is 0 Å². The van der Waals surface area contributed by atoms with Gasteiger partial charge < -0.3 is 5.32 Å². The maximum atomic E-state index is 3.80. The highest BCUT2D eigenvalue weighted by Crippen LogP contribution is 2.60. The van der Waals surface area contributed by atoms with E-state index in [0.717, 1.165) is 23.7 Å². The molecule has 2 rings (SSSR count). The van der Waals surface area contributed by atoms with Crippen LogP contribution in [0.2, 0.25) is 0 Å². The van der Waals surface area contributed by atoms with Gasteiger partial charge in [-0.1, -0.05) is 47.0 Å². The van der Waals surface area contributed by atoms with Crippen molar-refractivity contribution in [3.63, 3.8) is 0 Å². The fourth-order valence-corrected chi connectivity index (χ4v) is 5.04. The van der Waals surface area contributed by atoms with E-state index in [1.54, 1.807) is 6.42 Å². The molecule has 0 spiro atoms. The van der Waals surface area contributed by atoms with Crippen LogP contribution in [0.25, 0.3) is 0 Å². The first-order valence-electron chi connectivity index (χ1n) is 8.33. The van der Waals surface area contributed by atoms with Gasteiger partial charge in [0.2, 0.25) is 0 Å². The smallest absolute Gasteiger partial charge is 0.00133 e. The van der Waals surface area contributed by atoms with E-state index in [2.05, 4.69) is 33.0 Å². The highest BCUT2D eigenvalue weighted by atomic mass is 14.9. The van der Waals surface area contributed by atoms with Gasteiger partial charge in [0.1, 0.15) is 0 Å². The van der Waals surface area contributed by atoms with E-state index in [-0.39, 0.29) is 0 Å². The second kappa shape index (κ2) is 5.94. The highest BCUT2D eigenvalue weighted by Gasteiger charge is 2.53. The lowest BCUT2D eigenvalue weighted by atomic mass is 9.63. The molecule has 1 N–H and O–H groups in total. The minimum Gasteiger partial charge on any atom is -0.316 e. The first kappa shape index (κ1) is 14.4. The Morgan fingerprint density at radius 1 is 1.17 bits per heavy atom. The van der Waals surface area contributed by atoms with Crippen LogP contribution in [0.15, 0.2) is 0 Å². The standard InChI is InChI=1S/C17H33N/c1-5-15(6-2)17(12-18-11-13(3)4)10-14-7-8-16(17)9-14/h13-16,18H,5-12H2,1-4H3. The van der Waals surface area contributed by atoms with E-state index < -0.39 is 0 Å². The Bertz CT molecular complexity index is 256. The van der Waals surface area contributed by atoms with Crippen LogP contribution in [-0.2, 0) is 0 Å². The van der Waals surface area contributed by atoms with Crippen molar-refractivity contribution >= 4 is 0 Å². The average molecular weight is 251 g/mol. The van der Waals surface area contributed by atoms with Crippen molar-refractivity contribution in [1.82, 2.24) is 5.32 Å². The summed E-state index contributed by atoms with van der Waals surface area (Å²) in [7, 11) is 0. The fraction of sp³-hybridized carbons (Fsp3) is 1.00. The van der Waals surface area contributed by atoms with Gasteiger partial charge in [0.25, 0.3) is 0 Å². The van der Waals surface area contributed by atoms with Gasteiger partial charge in [-0.2, -0.15) is 0 Å². The van der Waals surface area contributed by atoms with Gasteiger partial charge in [-0.3, -0.25) is 0 Å². The van der Waals surface area contributed by atoms with Gasteiger partial charge in [0.05, 0.1) is 0 Å². The summed E-state index contributed by atoms with van der Waals surface area (Å²) in [4.78, 5) is 0. The van der Waals surface area contributed by atoms with Gasteiger partial charge in [0, 0.05) is 6.54 Å². The van der Waals surface area contributed by atoms with Gasteiger partial charge in [0.15, 0.2) is 0 Å². The molecule has 0 radical (unpaired) electrons. The van der Waals surface area contributed by atoms with Crippen LogP contribution in [0, 0.1) is 29.1 Å². The molecule has 0 aromatic heterocycles. The summed E-state index contributed by atoms with van der Waals surface area (Å²) < 4.78 is 0. The minimum atomic E-state index is 0.654. The molecule has 0 aromatic rings. The summed E-state index contributed by atoms with van der Waals surface area (Å²) in [5.74, 6) is 3.83. The maximum Gasteiger partial charge on any atom is 0.00133 e. The van der Waals surface area contributed by atoms with Crippen LogP contribution in [0.4, 0.5) is 0 Å². The summed E-state index contributed by atoms with van der Waals surface area (Å²) >= 11 is 0. The predicted molar refractivity (Wildman–Crippen MR) is 79.7 cm³/mol. The zero-order valence-corrected chi connectivity index (χ0v) is 13.0. The van der Waals surface area contributed by atoms with E-state index >= 15 is 0 Å². The van der Waals surface area contributed by atoms with E-state index in [1.807, 2.05) is 0 Å². The molecule has 2 bridgehead atoms. The summed E-state index contributed by atoms with van der Waals surface area (Å²) in [6, 6.07) is 0. The Kier molecular flexibility index (Phi) is 4.75. The zero-order valence-electron chi connectivity index (χ0n) is 13.0. The van der Waals surface area contributed by atoms with Gasteiger partial charge in [-0.15, -0.1) is 0 Å². The van der Waals surface area contributed by atoms with Gasteiger partial charge in [-0.05, 0) is 54.9 Å². The van der Waals surface area contributed by atoms with Gasteiger partial charge in [-0.25, -0.2) is 0 Å². The predicted octanol–water partition coefficient (Wildman–Crippen LogP) is 4.47. The monoisotopic (exact) mass is 251 g/mol. The van der Waals surface area contributed by atoms with Crippen molar-refractivity contribution in [3.05, 3.63) is 0 Å². The van der Waals surface area contributed by atoms with Crippen LogP contribution < -0.4 is 5.32 Å². The van der Waals surface area contributed by atoms with Gasteiger partial charge >= 0.3 is 0 Å². The molecular formula is C17H33N. The molecule has 3 unspecified atom stereocenters. The summed E-state index contributed by atoms with van der Waals surface area (Å²) in [6.07, 6.45) is 8.86. The largest absolute Gasteiger partial charge is 0.316 e. The second-order valence-corrected chi connectivity index (χ2v) is 7.35. The minimum absolute atomic E-state index is 0.654. The zero-order chi connectivity index (χ0) is 13.2. The van der Waals surface area contributed by atoms with E-state index in [0.29, 0.717) is 5.41 Å². The molecule has 18 heavy (non-hydrogen) atoms. The molecule has 2 aliphatic carbocycles. The first-order valence-corrected chi connectivity index (χ1v) is 8.33. The summed E-state index contributed by atoms with van der Waals surface area (Å²) in [6.45, 7) is 11.9. The van der Waals surface area contributed by atoms with E-state index in [4.69, 9.17) is 0 Å². The Balaban J connectivity index is 2.03. The molecule has 0 aromatic carbocycles. The van der Waals surface area contributed by atoms with Crippen LogP contribution in [0.1, 0.15) is 66.2 Å². The number of hydrogen-bond acceptors (Lipinski definition) is 1. The van der Waals surface area contributed by atoms with Crippen LogP contribution in [-0.4, -0.2) is 13.1 Å². The average Bonchev–Trinajstić information content (AvgIpc) is 2.91. The molecule has 1 heteroatoms. The Morgan fingerprint density at radius 2 is 1.89 bits per heavy atom. The summed E-state index contributed by atoms with van der Waals surface area (Å²) in [5, 5.41) is 3.80. The van der Waals surface area contributed by atoms with Crippen molar-refractivity contribution < 1.29 is 0 Å². The molecular weight excluding hydrogens is 218 g/mol. The molecule has 0 aliphatic heterocycles. The van der Waals surface area contributed by atoms with E-state index in [1.165, 1.54) is 45.2 Å². The lowest BCUT2D eigenvalue weighted by molar-refractivity contribution is 0.0658. The van der Waals surface area contributed by atoms with Crippen LogP contribution >= 0.6 is 0 Å². The second-order valence-electron chi connectivity index (χ2n) is 7.35. The topological polar surface area (TPSA) is 12.0 Å². The SMILES string of the molecule is CCC(CC)C1(CNCC(C)C)CC2CCC1C2. The third-order valence-electron chi connectivity index (χ3n) is 5.83. The molecule has 2 fully saturated rings. The maximum absolute atomic E-state index is 3.80. The Morgan fingerprint density at radius 3 is 2.33 bits per heavy atom.